The zero-order valence-corrected chi connectivity index (χ0v) is 9.66. The zero-order chi connectivity index (χ0) is 10.3. The van der Waals surface area contributed by atoms with Crippen LogP contribution in [0.2, 0.25) is 0 Å². The van der Waals surface area contributed by atoms with Crippen molar-refractivity contribution >= 4 is 0 Å². The van der Waals surface area contributed by atoms with Crippen molar-refractivity contribution in [2.24, 2.45) is 0 Å². The lowest BCUT2D eigenvalue weighted by atomic mass is 10.0. The lowest BCUT2D eigenvalue weighted by Crippen LogP contribution is -2.54. The monoisotopic (exact) mass is 198 g/mol. The molecule has 2 heterocycles. The van der Waals surface area contributed by atoms with Gasteiger partial charge in [0.1, 0.15) is 6.10 Å². The number of fused-ring (bicyclic) bond motifs is 1. The molecule has 0 spiro atoms. The van der Waals surface area contributed by atoms with E-state index < -0.39 is 0 Å². The van der Waals surface area contributed by atoms with Gasteiger partial charge >= 0.3 is 0 Å². The molecule has 3 heteroatoms. The van der Waals surface area contributed by atoms with Gasteiger partial charge in [-0.15, -0.1) is 0 Å². The largest absolute Gasteiger partial charge is 0.366 e. The third-order valence-electron chi connectivity index (χ3n) is 3.14. The Bertz CT molecular complexity index is 205. The highest BCUT2D eigenvalue weighted by Crippen LogP contribution is 2.32. The molecule has 2 saturated heterocycles. The first-order valence-electron chi connectivity index (χ1n) is 5.73. The first kappa shape index (κ1) is 10.4. The van der Waals surface area contributed by atoms with E-state index in [1.165, 1.54) is 0 Å². The van der Waals surface area contributed by atoms with Crippen LogP contribution in [0.3, 0.4) is 0 Å². The fourth-order valence-corrected chi connectivity index (χ4v) is 2.32. The lowest BCUT2D eigenvalue weighted by Gasteiger charge is -2.34. The maximum absolute atomic E-state index is 5.67. The molecule has 2 aliphatic heterocycles. The summed E-state index contributed by atoms with van der Waals surface area (Å²) in [6.07, 6.45) is 0.995. The molecule has 0 amide bonds. The summed E-state index contributed by atoms with van der Waals surface area (Å²) in [4.78, 5) is 2.51. The van der Waals surface area contributed by atoms with E-state index in [0.717, 1.165) is 13.1 Å². The van der Waals surface area contributed by atoms with Crippen molar-refractivity contribution in [2.75, 3.05) is 13.1 Å². The molecule has 0 radical (unpaired) electrons. The number of ether oxygens (including phenoxy) is 1. The van der Waals surface area contributed by atoms with Gasteiger partial charge < -0.3 is 10.1 Å². The van der Waals surface area contributed by atoms with E-state index in [2.05, 4.69) is 37.9 Å². The topological polar surface area (TPSA) is 27.8 Å². The van der Waals surface area contributed by atoms with E-state index in [1.54, 1.807) is 0 Å². The Kier molecular flexibility index (Phi) is 2.82. The Morgan fingerprint density at radius 3 is 2.50 bits per heavy atom. The highest BCUT2D eigenvalue weighted by molar-refractivity contribution is 5.03. The molecular formula is C11H22N2O. The molecule has 2 rings (SSSR count). The van der Waals surface area contributed by atoms with Gasteiger partial charge in [0, 0.05) is 31.2 Å². The van der Waals surface area contributed by atoms with Crippen LogP contribution in [0, 0.1) is 0 Å². The summed E-state index contributed by atoms with van der Waals surface area (Å²) in [5.74, 6) is 0. The SMILES string of the molecule is CC(C)NC1CN(C(C)C)CC2OC12. The van der Waals surface area contributed by atoms with Crippen LogP contribution in [0.5, 0.6) is 0 Å². The Labute approximate surface area is 86.8 Å². The van der Waals surface area contributed by atoms with Crippen molar-refractivity contribution in [3.8, 4) is 0 Å². The summed E-state index contributed by atoms with van der Waals surface area (Å²) in [5, 5.41) is 3.59. The van der Waals surface area contributed by atoms with Gasteiger partial charge in [-0.3, -0.25) is 4.90 Å². The molecule has 14 heavy (non-hydrogen) atoms. The van der Waals surface area contributed by atoms with Gasteiger partial charge in [0.25, 0.3) is 0 Å². The summed E-state index contributed by atoms with van der Waals surface area (Å²) in [6, 6.07) is 1.73. The van der Waals surface area contributed by atoms with Crippen molar-refractivity contribution < 1.29 is 4.74 Å². The van der Waals surface area contributed by atoms with Gasteiger partial charge in [0.15, 0.2) is 0 Å². The van der Waals surface area contributed by atoms with Crippen molar-refractivity contribution in [1.29, 1.82) is 0 Å². The molecule has 0 aromatic heterocycles. The van der Waals surface area contributed by atoms with E-state index >= 15 is 0 Å². The van der Waals surface area contributed by atoms with Gasteiger partial charge in [0.2, 0.25) is 0 Å². The van der Waals surface area contributed by atoms with E-state index in [-0.39, 0.29) is 0 Å². The van der Waals surface area contributed by atoms with Gasteiger partial charge in [-0.05, 0) is 13.8 Å². The summed E-state index contributed by atoms with van der Waals surface area (Å²) in [7, 11) is 0. The molecule has 0 aromatic rings. The van der Waals surface area contributed by atoms with E-state index in [0.29, 0.717) is 30.3 Å². The van der Waals surface area contributed by atoms with Crippen LogP contribution in [0.4, 0.5) is 0 Å². The fourth-order valence-electron chi connectivity index (χ4n) is 2.32. The molecule has 3 atom stereocenters. The average Bonchev–Trinajstić information content (AvgIpc) is 2.81. The third kappa shape index (κ3) is 2.10. The Hall–Kier alpha value is -0.120. The first-order chi connectivity index (χ1) is 6.58. The van der Waals surface area contributed by atoms with Crippen molar-refractivity contribution in [2.45, 2.75) is 58.0 Å². The quantitative estimate of drug-likeness (QED) is 0.681. The molecule has 1 N–H and O–H groups in total. The van der Waals surface area contributed by atoms with Crippen molar-refractivity contribution in [3.63, 3.8) is 0 Å². The zero-order valence-electron chi connectivity index (χ0n) is 9.66. The predicted molar refractivity (Wildman–Crippen MR) is 57.4 cm³/mol. The number of hydrogen-bond acceptors (Lipinski definition) is 3. The maximum Gasteiger partial charge on any atom is 0.102 e. The smallest absolute Gasteiger partial charge is 0.102 e. The van der Waals surface area contributed by atoms with Gasteiger partial charge in [-0.25, -0.2) is 0 Å². The van der Waals surface area contributed by atoms with Crippen LogP contribution in [-0.4, -0.2) is 48.3 Å². The van der Waals surface area contributed by atoms with Crippen LogP contribution in [-0.2, 0) is 4.74 Å². The van der Waals surface area contributed by atoms with Crippen LogP contribution >= 0.6 is 0 Å². The molecule has 2 fully saturated rings. The van der Waals surface area contributed by atoms with Crippen molar-refractivity contribution in [1.82, 2.24) is 10.2 Å². The number of nitrogens with one attached hydrogen (secondary N) is 1. The lowest BCUT2D eigenvalue weighted by molar-refractivity contribution is 0.171. The second-order valence-electron chi connectivity index (χ2n) is 5.11. The molecule has 0 aliphatic carbocycles. The average molecular weight is 198 g/mol. The molecule has 0 saturated carbocycles. The number of piperidine rings is 1. The summed E-state index contributed by atoms with van der Waals surface area (Å²) < 4.78 is 5.67. The standard InChI is InChI=1S/C11H22N2O/c1-7(2)12-9-5-13(8(3)4)6-10-11(9)14-10/h7-12H,5-6H2,1-4H3. The second kappa shape index (κ2) is 3.80. The highest BCUT2D eigenvalue weighted by Gasteiger charge is 2.50. The summed E-state index contributed by atoms with van der Waals surface area (Å²) >= 11 is 0. The normalized spacial score (nSPS) is 37.7. The molecular weight excluding hydrogens is 176 g/mol. The third-order valence-corrected chi connectivity index (χ3v) is 3.14. The number of likely N-dealkylation sites (tertiary alicyclic amines) is 1. The number of hydrogen-bond donors (Lipinski definition) is 1. The number of nitrogens with zero attached hydrogens (tertiary/aromatic N) is 1. The number of rotatable bonds is 3. The molecule has 3 nitrogen and oxygen atoms in total. The van der Waals surface area contributed by atoms with Crippen LogP contribution in [0.15, 0.2) is 0 Å². The minimum atomic E-state index is 0.493. The van der Waals surface area contributed by atoms with E-state index in [4.69, 9.17) is 4.74 Å². The van der Waals surface area contributed by atoms with Gasteiger partial charge in [0.05, 0.1) is 6.10 Å². The first-order valence-corrected chi connectivity index (χ1v) is 5.73. The Balaban J connectivity index is 1.91. The minimum Gasteiger partial charge on any atom is -0.366 e. The van der Waals surface area contributed by atoms with Gasteiger partial charge in [-0.2, -0.15) is 0 Å². The summed E-state index contributed by atoms with van der Waals surface area (Å²) in [6.45, 7) is 11.2. The van der Waals surface area contributed by atoms with Crippen LogP contribution in [0.1, 0.15) is 27.7 Å². The molecule has 0 bridgehead atoms. The number of epoxide rings is 1. The maximum atomic E-state index is 5.67. The Morgan fingerprint density at radius 1 is 1.21 bits per heavy atom. The predicted octanol–water partition coefficient (Wildman–Crippen LogP) is 0.844. The van der Waals surface area contributed by atoms with Gasteiger partial charge in [-0.1, -0.05) is 13.8 Å². The highest BCUT2D eigenvalue weighted by atomic mass is 16.6. The van der Waals surface area contributed by atoms with Crippen LogP contribution < -0.4 is 5.32 Å². The van der Waals surface area contributed by atoms with E-state index in [9.17, 15) is 0 Å². The molecule has 3 unspecified atom stereocenters. The fraction of sp³-hybridized carbons (Fsp3) is 1.00. The van der Waals surface area contributed by atoms with Crippen LogP contribution in [0.25, 0.3) is 0 Å². The molecule has 82 valence electrons. The van der Waals surface area contributed by atoms with Crippen molar-refractivity contribution in [3.05, 3.63) is 0 Å². The molecule has 0 aromatic carbocycles. The molecule has 2 aliphatic rings. The second-order valence-corrected chi connectivity index (χ2v) is 5.11. The summed E-state index contributed by atoms with van der Waals surface area (Å²) in [5.41, 5.74) is 0. The van der Waals surface area contributed by atoms with E-state index in [1.807, 2.05) is 0 Å². The Morgan fingerprint density at radius 2 is 1.93 bits per heavy atom. The minimum absolute atomic E-state index is 0.493.